The van der Waals surface area contributed by atoms with Gasteiger partial charge < -0.3 is 0 Å². The molecule has 0 bridgehead atoms. The molecule has 0 aromatic carbocycles. The second kappa shape index (κ2) is 5.91. The van der Waals surface area contributed by atoms with Gasteiger partial charge >= 0.3 is 0 Å². The lowest BCUT2D eigenvalue weighted by molar-refractivity contribution is 0.322. The highest BCUT2D eigenvalue weighted by molar-refractivity contribution is 5.10. The summed E-state index contributed by atoms with van der Waals surface area (Å²) in [4.78, 5) is 0. The lowest BCUT2D eigenvalue weighted by Gasteiger charge is -2.31. The summed E-state index contributed by atoms with van der Waals surface area (Å²) in [6, 6.07) is 0. The van der Waals surface area contributed by atoms with Crippen LogP contribution >= 0.6 is 0 Å². The second-order valence-corrected chi connectivity index (χ2v) is 6.54. The van der Waals surface area contributed by atoms with Crippen LogP contribution in [0.4, 0.5) is 0 Å². The van der Waals surface area contributed by atoms with Crippen molar-refractivity contribution in [2.45, 2.75) is 40.5 Å². The van der Waals surface area contributed by atoms with Gasteiger partial charge in [0.15, 0.2) is 0 Å². The van der Waals surface area contributed by atoms with Crippen LogP contribution in [0.25, 0.3) is 0 Å². The molecule has 0 amide bonds. The van der Waals surface area contributed by atoms with Crippen LogP contribution in [0.3, 0.4) is 0 Å². The molecule has 0 spiro atoms. The zero-order valence-corrected chi connectivity index (χ0v) is 12.3. The van der Waals surface area contributed by atoms with Gasteiger partial charge in [0.2, 0.25) is 0 Å². The fourth-order valence-electron chi connectivity index (χ4n) is 3.61. The Morgan fingerprint density at radius 2 is 1.11 bits per heavy atom. The van der Waals surface area contributed by atoms with E-state index in [1.165, 1.54) is 12.8 Å². The molecule has 0 saturated heterocycles. The molecule has 0 saturated carbocycles. The number of allylic oxidation sites excluding steroid dienone is 6. The van der Waals surface area contributed by atoms with E-state index in [1.807, 2.05) is 0 Å². The van der Waals surface area contributed by atoms with Crippen LogP contribution in [-0.2, 0) is 0 Å². The average molecular weight is 244 g/mol. The monoisotopic (exact) mass is 244 g/mol. The zero-order valence-electron chi connectivity index (χ0n) is 12.3. The number of rotatable bonds is 2. The Morgan fingerprint density at radius 1 is 0.722 bits per heavy atom. The van der Waals surface area contributed by atoms with Crippen LogP contribution in [0.1, 0.15) is 40.5 Å². The molecule has 18 heavy (non-hydrogen) atoms. The molecule has 2 rings (SSSR count). The van der Waals surface area contributed by atoms with Crippen LogP contribution in [0.15, 0.2) is 36.5 Å². The quantitative estimate of drug-likeness (QED) is 0.583. The highest BCUT2D eigenvalue weighted by atomic mass is 14.3. The normalized spacial score (nSPS) is 44.7. The van der Waals surface area contributed by atoms with Gasteiger partial charge in [-0.25, -0.2) is 0 Å². The van der Waals surface area contributed by atoms with E-state index < -0.39 is 0 Å². The van der Waals surface area contributed by atoms with E-state index in [0.29, 0.717) is 11.8 Å². The Morgan fingerprint density at radius 3 is 1.44 bits per heavy atom. The van der Waals surface area contributed by atoms with E-state index in [2.05, 4.69) is 64.2 Å². The summed E-state index contributed by atoms with van der Waals surface area (Å²) in [7, 11) is 0. The van der Waals surface area contributed by atoms with E-state index in [0.717, 1.165) is 23.7 Å². The molecular weight excluding hydrogens is 216 g/mol. The molecule has 6 atom stereocenters. The number of hydrogen-bond donors (Lipinski definition) is 0. The van der Waals surface area contributed by atoms with Gasteiger partial charge in [0.25, 0.3) is 0 Å². The molecule has 0 fully saturated rings. The molecule has 0 aromatic rings. The topological polar surface area (TPSA) is 0 Å². The Kier molecular flexibility index (Phi) is 4.48. The van der Waals surface area contributed by atoms with Crippen molar-refractivity contribution in [3.63, 3.8) is 0 Å². The van der Waals surface area contributed by atoms with Crippen molar-refractivity contribution >= 4 is 0 Å². The smallest absolute Gasteiger partial charge is 0.0144 e. The lowest BCUT2D eigenvalue weighted by Crippen LogP contribution is -2.22. The molecule has 0 N–H and O–H groups in total. The maximum Gasteiger partial charge on any atom is -0.0144 e. The van der Waals surface area contributed by atoms with Gasteiger partial charge in [-0.1, -0.05) is 64.2 Å². The largest absolute Gasteiger partial charge is 0.0880 e. The summed E-state index contributed by atoms with van der Waals surface area (Å²) in [5.41, 5.74) is 0. The summed E-state index contributed by atoms with van der Waals surface area (Å²) in [5, 5.41) is 0. The van der Waals surface area contributed by atoms with E-state index in [9.17, 15) is 0 Å². The van der Waals surface area contributed by atoms with Crippen LogP contribution in [0, 0.1) is 35.5 Å². The predicted octanol–water partition coefficient (Wildman–Crippen LogP) is 5.24. The highest BCUT2D eigenvalue weighted by Gasteiger charge is 2.25. The van der Waals surface area contributed by atoms with Gasteiger partial charge in [-0.2, -0.15) is 0 Å². The Labute approximate surface area is 113 Å². The molecule has 100 valence electrons. The SMILES string of the molecule is CC1C=CCC(C)C1/C=C/C1C(C)C=CCC1C. The minimum absolute atomic E-state index is 0.703. The average Bonchev–Trinajstić information content (AvgIpc) is 2.31. The predicted molar refractivity (Wildman–Crippen MR) is 80.3 cm³/mol. The summed E-state index contributed by atoms with van der Waals surface area (Å²) in [6.07, 6.45) is 17.0. The molecule has 0 aliphatic heterocycles. The standard InChI is InChI=1S/C18H28/c1-13-7-5-8-14(2)17(13)11-12-18-15(3)9-6-10-16(18)4/h5-7,9,11-18H,8,10H2,1-4H3/b12-11+. The van der Waals surface area contributed by atoms with Gasteiger partial charge in [0.1, 0.15) is 0 Å². The Balaban J connectivity index is 2.05. The molecule has 0 heterocycles. The van der Waals surface area contributed by atoms with Gasteiger partial charge in [-0.3, -0.25) is 0 Å². The summed E-state index contributed by atoms with van der Waals surface area (Å²) in [5.74, 6) is 4.47. The summed E-state index contributed by atoms with van der Waals surface area (Å²) < 4.78 is 0. The third-order valence-electron chi connectivity index (χ3n) is 4.98. The first kappa shape index (κ1) is 13.6. The lowest BCUT2D eigenvalue weighted by atomic mass is 9.74. The van der Waals surface area contributed by atoms with Gasteiger partial charge in [0.05, 0.1) is 0 Å². The fourth-order valence-corrected chi connectivity index (χ4v) is 3.61. The first-order valence-electron chi connectivity index (χ1n) is 7.61. The molecule has 2 aliphatic carbocycles. The van der Waals surface area contributed by atoms with Crippen LogP contribution in [0.5, 0.6) is 0 Å². The third kappa shape index (κ3) is 2.96. The minimum Gasteiger partial charge on any atom is -0.0880 e. The third-order valence-corrected chi connectivity index (χ3v) is 4.98. The van der Waals surface area contributed by atoms with Crippen molar-refractivity contribution in [2.75, 3.05) is 0 Å². The molecule has 2 aliphatic rings. The molecule has 0 nitrogen and oxygen atoms in total. The van der Waals surface area contributed by atoms with Crippen LogP contribution < -0.4 is 0 Å². The van der Waals surface area contributed by atoms with Gasteiger partial charge in [0, 0.05) is 0 Å². The Hall–Kier alpha value is -0.780. The zero-order chi connectivity index (χ0) is 13.1. The van der Waals surface area contributed by atoms with E-state index in [4.69, 9.17) is 0 Å². The molecular formula is C18H28. The van der Waals surface area contributed by atoms with Crippen molar-refractivity contribution in [3.05, 3.63) is 36.5 Å². The Bertz CT molecular complexity index is 313. The van der Waals surface area contributed by atoms with Crippen molar-refractivity contribution < 1.29 is 0 Å². The van der Waals surface area contributed by atoms with Crippen molar-refractivity contribution in [1.82, 2.24) is 0 Å². The van der Waals surface area contributed by atoms with Gasteiger partial charge in [-0.05, 0) is 48.3 Å². The van der Waals surface area contributed by atoms with Gasteiger partial charge in [-0.15, -0.1) is 0 Å². The minimum atomic E-state index is 0.703. The van der Waals surface area contributed by atoms with Crippen molar-refractivity contribution in [3.8, 4) is 0 Å². The number of hydrogen-bond acceptors (Lipinski definition) is 0. The molecule has 0 radical (unpaired) electrons. The summed E-state index contributed by atoms with van der Waals surface area (Å²) in [6.45, 7) is 9.49. The molecule has 0 heteroatoms. The second-order valence-electron chi connectivity index (χ2n) is 6.54. The van der Waals surface area contributed by atoms with E-state index in [-0.39, 0.29) is 0 Å². The molecule has 6 unspecified atom stereocenters. The van der Waals surface area contributed by atoms with Crippen LogP contribution in [0.2, 0.25) is 0 Å². The fraction of sp³-hybridized carbons (Fsp3) is 0.667. The summed E-state index contributed by atoms with van der Waals surface area (Å²) >= 11 is 0. The van der Waals surface area contributed by atoms with E-state index in [1.54, 1.807) is 0 Å². The van der Waals surface area contributed by atoms with Crippen molar-refractivity contribution in [1.29, 1.82) is 0 Å². The van der Waals surface area contributed by atoms with Crippen LogP contribution in [-0.4, -0.2) is 0 Å². The van der Waals surface area contributed by atoms with E-state index >= 15 is 0 Å². The van der Waals surface area contributed by atoms with Crippen molar-refractivity contribution in [2.24, 2.45) is 35.5 Å². The maximum atomic E-state index is 2.52. The first-order chi connectivity index (χ1) is 8.59. The highest BCUT2D eigenvalue weighted by Crippen LogP contribution is 2.34. The molecule has 0 aromatic heterocycles. The maximum absolute atomic E-state index is 2.52. The first-order valence-corrected chi connectivity index (χ1v) is 7.61.